The molecule has 0 aliphatic carbocycles. The van der Waals surface area contributed by atoms with Crippen molar-refractivity contribution >= 4 is 5.97 Å². The lowest BCUT2D eigenvalue weighted by atomic mass is 9.92. The first-order valence-corrected chi connectivity index (χ1v) is 9.08. The molecule has 1 atom stereocenters. The van der Waals surface area contributed by atoms with Gasteiger partial charge >= 0.3 is 5.97 Å². The Morgan fingerprint density at radius 1 is 0.857 bits per heavy atom. The predicted molar refractivity (Wildman–Crippen MR) is 106 cm³/mol. The number of hydrogen-bond donors (Lipinski definition) is 1. The number of hydrogen-bond acceptors (Lipinski definition) is 4. The summed E-state index contributed by atoms with van der Waals surface area (Å²) in [5.41, 5.74) is 2.45. The summed E-state index contributed by atoms with van der Waals surface area (Å²) in [6.07, 6.45) is 0. The number of aliphatic hydroxyl groups excluding tert-OH is 1. The third kappa shape index (κ3) is 3.25. The number of esters is 1. The van der Waals surface area contributed by atoms with E-state index in [0.717, 1.165) is 16.7 Å². The summed E-state index contributed by atoms with van der Waals surface area (Å²) in [7, 11) is 0. The molecule has 0 amide bonds. The van der Waals surface area contributed by atoms with Crippen LogP contribution in [0.5, 0.6) is 0 Å². The minimum atomic E-state index is -1.27. The molecule has 0 fully saturated rings. The molecule has 4 heteroatoms. The number of carbonyl (C=O) groups excluding carboxylic acids is 1. The van der Waals surface area contributed by atoms with Gasteiger partial charge in [-0.1, -0.05) is 84.9 Å². The van der Waals surface area contributed by atoms with Crippen molar-refractivity contribution in [1.29, 1.82) is 0 Å². The van der Waals surface area contributed by atoms with Gasteiger partial charge in [0.05, 0.1) is 0 Å². The number of aliphatic hydroxyl groups is 1. The first-order chi connectivity index (χ1) is 13.6. The first-order valence-electron chi connectivity index (χ1n) is 9.08. The molecular formula is C24H20O4. The molecule has 0 unspecified atom stereocenters. The zero-order chi connectivity index (χ0) is 19.6. The van der Waals surface area contributed by atoms with Crippen molar-refractivity contribution < 1.29 is 19.4 Å². The second kappa shape index (κ2) is 7.24. The molecular weight excluding hydrogens is 352 g/mol. The molecule has 140 valence electrons. The first kappa shape index (κ1) is 17.9. The van der Waals surface area contributed by atoms with Gasteiger partial charge in [-0.2, -0.15) is 0 Å². The molecule has 0 radical (unpaired) electrons. The largest absolute Gasteiger partial charge is 0.505 e. The van der Waals surface area contributed by atoms with E-state index in [2.05, 4.69) is 0 Å². The van der Waals surface area contributed by atoms with Crippen LogP contribution in [0, 0.1) is 0 Å². The van der Waals surface area contributed by atoms with Gasteiger partial charge in [0.1, 0.15) is 6.61 Å². The monoisotopic (exact) mass is 372 g/mol. The van der Waals surface area contributed by atoms with E-state index in [1.165, 1.54) is 0 Å². The highest BCUT2D eigenvalue weighted by Crippen LogP contribution is 2.40. The van der Waals surface area contributed by atoms with Gasteiger partial charge in [-0.05, 0) is 23.6 Å². The third-order valence-corrected chi connectivity index (χ3v) is 4.92. The Bertz CT molecular complexity index is 1010. The highest BCUT2D eigenvalue weighted by molar-refractivity contribution is 5.90. The summed E-state index contributed by atoms with van der Waals surface area (Å²) in [6.45, 7) is 1.84. The van der Waals surface area contributed by atoms with Crippen LogP contribution in [0.25, 0.3) is 11.1 Å². The Kier molecular flexibility index (Phi) is 4.62. The van der Waals surface area contributed by atoms with Crippen LogP contribution in [0.15, 0.2) is 96.4 Å². The van der Waals surface area contributed by atoms with Crippen LogP contribution in [0.2, 0.25) is 0 Å². The lowest BCUT2D eigenvalue weighted by Crippen LogP contribution is -2.25. The average molecular weight is 372 g/mol. The Morgan fingerprint density at radius 3 is 2.07 bits per heavy atom. The minimum absolute atomic E-state index is 0.140. The molecule has 4 rings (SSSR count). The Hall–Kier alpha value is -3.53. The van der Waals surface area contributed by atoms with Gasteiger partial charge in [0.2, 0.25) is 5.76 Å². The van der Waals surface area contributed by atoms with E-state index in [-0.39, 0.29) is 18.1 Å². The van der Waals surface area contributed by atoms with E-state index in [1.54, 1.807) is 6.92 Å². The summed E-state index contributed by atoms with van der Waals surface area (Å²) in [5, 5.41) is 10.7. The van der Waals surface area contributed by atoms with Gasteiger partial charge in [0.15, 0.2) is 11.4 Å². The summed E-state index contributed by atoms with van der Waals surface area (Å²) in [5.74, 6) is -1.01. The van der Waals surface area contributed by atoms with Crippen LogP contribution >= 0.6 is 0 Å². The van der Waals surface area contributed by atoms with Crippen molar-refractivity contribution in [2.45, 2.75) is 19.1 Å². The number of cyclic esters (lactones) is 1. The van der Waals surface area contributed by atoms with Gasteiger partial charge in [0, 0.05) is 5.56 Å². The van der Waals surface area contributed by atoms with E-state index in [0.29, 0.717) is 5.56 Å². The minimum Gasteiger partial charge on any atom is -0.505 e. The second-order valence-corrected chi connectivity index (χ2v) is 6.82. The lowest BCUT2D eigenvalue weighted by molar-refractivity contribution is -0.150. The van der Waals surface area contributed by atoms with Crippen LogP contribution in [0.3, 0.4) is 0 Å². The topological polar surface area (TPSA) is 55.8 Å². The molecule has 0 saturated carbocycles. The molecule has 0 bridgehead atoms. The van der Waals surface area contributed by atoms with Crippen LogP contribution in [0.1, 0.15) is 18.1 Å². The van der Waals surface area contributed by atoms with E-state index in [1.807, 2.05) is 84.9 Å². The van der Waals surface area contributed by atoms with E-state index >= 15 is 0 Å². The summed E-state index contributed by atoms with van der Waals surface area (Å²) < 4.78 is 11.1. The zero-order valence-electron chi connectivity index (χ0n) is 15.5. The van der Waals surface area contributed by atoms with Crippen LogP contribution < -0.4 is 0 Å². The van der Waals surface area contributed by atoms with Crippen LogP contribution in [-0.4, -0.2) is 11.1 Å². The van der Waals surface area contributed by atoms with Crippen LogP contribution in [-0.2, 0) is 26.5 Å². The summed E-state index contributed by atoms with van der Waals surface area (Å²) >= 11 is 0. The fourth-order valence-electron chi connectivity index (χ4n) is 3.26. The Morgan fingerprint density at radius 2 is 1.43 bits per heavy atom. The molecule has 3 aromatic carbocycles. The van der Waals surface area contributed by atoms with Crippen molar-refractivity contribution in [1.82, 2.24) is 0 Å². The normalized spacial score (nSPS) is 18.8. The third-order valence-electron chi connectivity index (χ3n) is 4.92. The molecule has 1 heterocycles. The van der Waals surface area contributed by atoms with E-state index < -0.39 is 11.6 Å². The lowest BCUT2D eigenvalue weighted by Gasteiger charge is -2.23. The molecule has 1 aliphatic rings. The Balaban J connectivity index is 1.58. The molecule has 0 saturated heterocycles. The maximum absolute atomic E-state index is 12.3. The number of benzene rings is 3. The van der Waals surface area contributed by atoms with Gasteiger partial charge in [-0.3, -0.25) is 0 Å². The Labute approximate surface area is 163 Å². The average Bonchev–Trinajstić information content (AvgIpc) is 2.97. The van der Waals surface area contributed by atoms with Gasteiger partial charge in [-0.25, -0.2) is 4.79 Å². The van der Waals surface area contributed by atoms with E-state index in [4.69, 9.17) is 9.47 Å². The van der Waals surface area contributed by atoms with Crippen molar-refractivity contribution in [3.8, 4) is 11.1 Å². The van der Waals surface area contributed by atoms with Crippen molar-refractivity contribution in [3.63, 3.8) is 0 Å². The summed E-state index contributed by atoms with van der Waals surface area (Å²) in [6, 6.07) is 27.0. The molecule has 0 spiro atoms. The smallest absolute Gasteiger partial charge is 0.378 e. The fraction of sp³-hybridized carbons (Fsp3) is 0.125. The number of rotatable bonds is 5. The van der Waals surface area contributed by atoms with Crippen molar-refractivity contribution in [2.24, 2.45) is 0 Å². The standard InChI is InChI=1S/C24H20O4/c1-24(20-14-12-19(13-15-20)18-10-6-3-7-11-18)22(25)21(23(26)28-24)27-16-17-8-4-2-5-9-17/h2-15,25H,16H2,1H3/t24-/m0/s1. The second-order valence-electron chi connectivity index (χ2n) is 6.82. The highest BCUT2D eigenvalue weighted by Gasteiger charge is 2.47. The zero-order valence-corrected chi connectivity index (χ0v) is 15.5. The van der Waals surface area contributed by atoms with Gasteiger partial charge < -0.3 is 14.6 Å². The van der Waals surface area contributed by atoms with Crippen molar-refractivity contribution in [3.05, 3.63) is 108 Å². The SMILES string of the molecule is C[C@@]1(c2ccc(-c3ccccc3)cc2)OC(=O)C(OCc2ccccc2)=C1O. The fourth-order valence-corrected chi connectivity index (χ4v) is 3.26. The maximum atomic E-state index is 12.3. The van der Waals surface area contributed by atoms with Gasteiger partial charge in [-0.15, -0.1) is 0 Å². The quantitative estimate of drug-likeness (QED) is 0.632. The highest BCUT2D eigenvalue weighted by atomic mass is 16.6. The van der Waals surface area contributed by atoms with E-state index in [9.17, 15) is 9.90 Å². The van der Waals surface area contributed by atoms with Crippen LogP contribution in [0.4, 0.5) is 0 Å². The number of carbonyl (C=O) groups is 1. The molecule has 1 aliphatic heterocycles. The molecule has 0 aromatic heterocycles. The summed E-state index contributed by atoms with van der Waals surface area (Å²) in [4.78, 5) is 12.3. The number of ether oxygens (including phenoxy) is 2. The van der Waals surface area contributed by atoms with Gasteiger partial charge in [0.25, 0.3) is 0 Å². The predicted octanol–water partition coefficient (Wildman–Crippen LogP) is 5.11. The molecule has 4 nitrogen and oxygen atoms in total. The van der Waals surface area contributed by atoms with Crippen molar-refractivity contribution in [2.75, 3.05) is 0 Å². The molecule has 3 aromatic rings. The maximum Gasteiger partial charge on any atom is 0.378 e. The molecule has 1 N–H and O–H groups in total. The molecule has 28 heavy (non-hydrogen) atoms.